The summed E-state index contributed by atoms with van der Waals surface area (Å²) in [5.41, 5.74) is 3.09. The normalized spacial score (nSPS) is 20.8. The first-order valence-electron chi connectivity index (χ1n) is 8.85. The van der Waals surface area contributed by atoms with E-state index in [2.05, 4.69) is 31.6 Å². The molecule has 0 amide bonds. The predicted molar refractivity (Wildman–Crippen MR) is 95.4 cm³/mol. The van der Waals surface area contributed by atoms with Gasteiger partial charge in [-0.3, -0.25) is 10.1 Å². The van der Waals surface area contributed by atoms with Crippen molar-refractivity contribution < 1.29 is 4.74 Å². The lowest BCUT2D eigenvalue weighted by Crippen LogP contribution is -2.45. The highest BCUT2D eigenvalue weighted by Crippen LogP contribution is 2.53. The summed E-state index contributed by atoms with van der Waals surface area (Å²) in [6, 6.07) is 7.59. The van der Waals surface area contributed by atoms with Gasteiger partial charge in [0, 0.05) is 17.3 Å². The van der Waals surface area contributed by atoms with Gasteiger partial charge in [-0.05, 0) is 44.0 Å². The molecule has 1 aromatic carbocycles. The number of nitrogens with one attached hydrogen (secondary N) is 2. The molecule has 7 heteroatoms. The van der Waals surface area contributed by atoms with Gasteiger partial charge < -0.3 is 10.1 Å². The number of piperidine rings is 1. The number of benzene rings is 1. The number of H-pyrrole nitrogens is 1. The van der Waals surface area contributed by atoms with Gasteiger partial charge in [0.2, 0.25) is 5.88 Å². The summed E-state index contributed by atoms with van der Waals surface area (Å²) in [6.07, 6.45) is 7.09. The molecule has 1 unspecified atom stereocenters. The second-order valence-corrected chi connectivity index (χ2v) is 7.11. The van der Waals surface area contributed by atoms with Crippen molar-refractivity contribution in [2.24, 2.45) is 5.41 Å². The van der Waals surface area contributed by atoms with Crippen LogP contribution in [0, 0.1) is 16.7 Å². The van der Waals surface area contributed by atoms with E-state index in [4.69, 9.17) is 10.00 Å². The fourth-order valence-corrected chi connectivity index (χ4v) is 3.79. The van der Waals surface area contributed by atoms with Crippen LogP contribution in [0.1, 0.15) is 24.8 Å². The molecule has 3 heterocycles. The summed E-state index contributed by atoms with van der Waals surface area (Å²) in [5, 5.41) is 20.8. The molecule has 2 aromatic heterocycles. The van der Waals surface area contributed by atoms with Gasteiger partial charge >= 0.3 is 0 Å². The molecule has 7 nitrogen and oxygen atoms in total. The molecular formula is C19H18N6O. The molecule has 1 saturated heterocycles. The number of aromatic nitrogens is 4. The molecule has 1 aliphatic carbocycles. The lowest BCUT2D eigenvalue weighted by molar-refractivity contribution is 0.0844. The zero-order valence-electron chi connectivity index (χ0n) is 14.2. The van der Waals surface area contributed by atoms with Crippen molar-refractivity contribution in [1.29, 1.82) is 5.26 Å². The quantitative estimate of drug-likeness (QED) is 0.755. The maximum absolute atomic E-state index is 9.14. The number of hydrogen-bond donors (Lipinski definition) is 2. The molecular weight excluding hydrogens is 328 g/mol. The predicted octanol–water partition coefficient (Wildman–Crippen LogP) is 2.41. The Labute approximate surface area is 150 Å². The van der Waals surface area contributed by atoms with E-state index in [1.807, 2.05) is 12.1 Å². The van der Waals surface area contributed by atoms with Gasteiger partial charge in [-0.2, -0.15) is 10.4 Å². The second-order valence-electron chi connectivity index (χ2n) is 7.11. The first-order valence-corrected chi connectivity index (χ1v) is 8.85. The second kappa shape index (κ2) is 5.78. The van der Waals surface area contributed by atoms with Gasteiger partial charge in [0.1, 0.15) is 17.5 Å². The van der Waals surface area contributed by atoms with E-state index in [9.17, 15) is 0 Å². The van der Waals surface area contributed by atoms with Gasteiger partial charge in [0.15, 0.2) is 0 Å². The third kappa shape index (κ3) is 2.50. The number of nitrogens with zero attached hydrogens (tertiary/aromatic N) is 4. The summed E-state index contributed by atoms with van der Waals surface area (Å²) in [6.45, 7) is 1.91. The van der Waals surface area contributed by atoms with E-state index in [1.165, 1.54) is 12.8 Å². The minimum Gasteiger partial charge on any atom is -0.471 e. The number of ether oxygens (including phenoxy) is 1. The molecule has 2 fully saturated rings. The molecule has 0 radical (unpaired) electrons. The van der Waals surface area contributed by atoms with Crippen molar-refractivity contribution in [1.82, 2.24) is 25.5 Å². The average Bonchev–Trinajstić information content (AvgIpc) is 3.32. The minimum absolute atomic E-state index is 0.141. The Hall–Kier alpha value is -2.98. The minimum atomic E-state index is 0.141. The Balaban J connectivity index is 1.48. The highest BCUT2D eigenvalue weighted by molar-refractivity contribution is 5.92. The summed E-state index contributed by atoms with van der Waals surface area (Å²) in [4.78, 5) is 8.93. The number of fused-ring (bicyclic) bond motifs is 1. The summed E-state index contributed by atoms with van der Waals surface area (Å²) < 4.78 is 6.20. The maximum Gasteiger partial charge on any atom is 0.233 e. The van der Waals surface area contributed by atoms with Crippen molar-refractivity contribution in [3.63, 3.8) is 0 Å². The van der Waals surface area contributed by atoms with Crippen LogP contribution in [0.15, 0.2) is 30.6 Å². The van der Waals surface area contributed by atoms with Crippen LogP contribution in [0.5, 0.6) is 5.88 Å². The number of rotatable bonds is 3. The Morgan fingerprint density at radius 1 is 1.23 bits per heavy atom. The molecule has 0 bridgehead atoms. The van der Waals surface area contributed by atoms with E-state index in [1.54, 1.807) is 18.5 Å². The van der Waals surface area contributed by atoms with Crippen LogP contribution in [0.25, 0.3) is 22.3 Å². The van der Waals surface area contributed by atoms with Crippen LogP contribution in [0.3, 0.4) is 0 Å². The van der Waals surface area contributed by atoms with Crippen LogP contribution in [-0.2, 0) is 0 Å². The average molecular weight is 346 g/mol. The lowest BCUT2D eigenvalue weighted by atomic mass is 9.92. The van der Waals surface area contributed by atoms with Crippen molar-refractivity contribution in [3.05, 3.63) is 36.2 Å². The van der Waals surface area contributed by atoms with Crippen molar-refractivity contribution in [2.45, 2.75) is 25.4 Å². The molecule has 2 aliphatic rings. The maximum atomic E-state index is 9.14. The van der Waals surface area contributed by atoms with Gasteiger partial charge in [-0.15, -0.1) is 0 Å². The molecule has 1 spiro atoms. The van der Waals surface area contributed by atoms with E-state index < -0.39 is 0 Å². The molecule has 5 rings (SSSR count). The molecule has 26 heavy (non-hydrogen) atoms. The summed E-state index contributed by atoms with van der Waals surface area (Å²) in [7, 11) is 0. The standard InChI is InChI=1S/C19H18N6O/c20-8-12-1-2-14-13(7-12)18(25-24-14)15-9-22-11-17(23-15)26-16-10-21-6-5-19(16)3-4-19/h1-2,7,9,11,16,21H,3-6,10H2,(H,24,25). The molecule has 130 valence electrons. The SMILES string of the molecule is N#Cc1ccc2[nH]nc(-c3cncc(OC4CNCCC45CC5)n3)c2c1. The highest BCUT2D eigenvalue weighted by Gasteiger charge is 2.52. The Kier molecular flexibility index (Phi) is 3.40. The smallest absolute Gasteiger partial charge is 0.233 e. The van der Waals surface area contributed by atoms with Crippen LogP contribution in [-0.4, -0.2) is 39.4 Å². The van der Waals surface area contributed by atoms with E-state index >= 15 is 0 Å². The lowest BCUT2D eigenvalue weighted by Gasteiger charge is -2.32. The first kappa shape index (κ1) is 15.3. The van der Waals surface area contributed by atoms with E-state index in [0.717, 1.165) is 30.4 Å². The zero-order chi connectivity index (χ0) is 17.6. The summed E-state index contributed by atoms with van der Waals surface area (Å²) in [5.74, 6) is 0.523. The third-order valence-corrected chi connectivity index (χ3v) is 5.51. The van der Waals surface area contributed by atoms with Crippen LogP contribution in [0.4, 0.5) is 0 Å². The van der Waals surface area contributed by atoms with Crippen LogP contribution >= 0.6 is 0 Å². The van der Waals surface area contributed by atoms with Gasteiger partial charge in [0.25, 0.3) is 0 Å². The van der Waals surface area contributed by atoms with Crippen molar-refractivity contribution >= 4 is 10.9 Å². The largest absolute Gasteiger partial charge is 0.471 e. The first-order chi connectivity index (χ1) is 12.8. The topological polar surface area (TPSA) is 99.5 Å². The van der Waals surface area contributed by atoms with Gasteiger partial charge in [0.05, 0.1) is 29.5 Å². The molecule has 2 N–H and O–H groups in total. The fourth-order valence-electron chi connectivity index (χ4n) is 3.79. The van der Waals surface area contributed by atoms with Crippen molar-refractivity contribution in [2.75, 3.05) is 13.1 Å². The monoisotopic (exact) mass is 346 g/mol. The number of aromatic amines is 1. The molecule has 1 aliphatic heterocycles. The molecule has 3 aromatic rings. The third-order valence-electron chi connectivity index (χ3n) is 5.51. The van der Waals surface area contributed by atoms with Crippen LogP contribution < -0.4 is 10.1 Å². The fraction of sp³-hybridized carbons (Fsp3) is 0.368. The van der Waals surface area contributed by atoms with Crippen LogP contribution in [0.2, 0.25) is 0 Å². The Bertz CT molecular complexity index is 1020. The Morgan fingerprint density at radius 3 is 3.00 bits per heavy atom. The molecule has 1 saturated carbocycles. The van der Waals surface area contributed by atoms with E-state index in [-0.39, 0.29) is 6.10 Å². The van der Waals surface area contributed by atoms with Gasteiger partial charge in [-0.1, -0.05) is 0 Å². The number of hydrogen-bond acceptors (Lipinski definition) is 6. The van der Waals surface area contributed by atoms with E-state index in [0.29, 0.717) is 28.2 Å². The van der Waals surface area contributed by atoms with Crippen molar-refractivity contribution in [3.8, 4) is 23.3 Å². The Morgan fingerprint density at radius 2 is 2.15 bits per heavy atom. The van der Waals surface area contributed by atoms with Gasteiger partial charge in [-0.25, -0.2) is 4.98 Å². The highest BCUT2D eigenvalue weighted by atomic mass is 16.5. The zero-order valence-corrected chi connectivity index (χ0v) is 14.2. The molecule has 1 atom stereocenters. The summed E-state index contributed by atoms with van der Waals surface area (Å²) >= 11 is 0. The number of nitriles is 1.